The molecule has 1 N–H and O–H groups in total. The molecule has 2 amide bonds. The Kier molecular flexibility index (Phi) is 5.46. The van der Waals surface area contributed by atoms with Crippen molar-refractivity contribution in [3.8, 4) is 0 Å². The van der Waals surface area contributed by atoms with Crippen molar-refractivity contribution in [1.82, 2.24) is 0 Å². The van der Waals surface area contributed by atoms with Crippen LogP contribution in [0.15, 0.2) is 48.5 Å². The molecule has 0 heterocycles. The Morgan fingerprint density at radius 2 is 1.83 bits per heavy atom. The Hall–Kier alpha value is -2.69. The molecule has 0 atom stereocenters. The number of nitrogens with zero attached hydrogens (tertiary/aromatic N) is 1. The fourth-order valence-corrected chi connectivity index (χ4v) is 2.21. The summed E-state index contributed by atoms with van der Waals surface area (Å²) in [6.07, 6.45) is 0.903. The summed E-state index contributed by atoms with van der Waals surface area (Å²) in [6.45, 7) is 3.32. The van der Waals surface area contributed by atoms with E-state index in [1.54, 1.807) is 6.07 Å². The van der Waals surface area contributed by atoms with Gasteiger partial charge in [-0.25, -0.2) is 4.39 Å². The van der Waals surface area contributed by atoms with Crippen LogP contribution in [0.3, 0.4) is 0 Å². The number of carbonyl (C=O) groups excluding carboxylic acids is 2. The number of hydrogen-bond acceptors (Lipinski definition) is 2. The Morgan fingerprint density at radius 3 is 2.39 bits per heavy atom. The van der Waals surface area contributed by atoms with Crippen molar-refractivity contribution >= 4 is 23.2 Å². The molecule has 0 aliphatic carbocycles. The van der Waals surface area contributed by atoms with Crippen LogP contribution in [-0.2, 0) is 16.0 Å². The third-order valence-corrected chi connectivity index (χ3v) is 3.45. The van der Waals surface area contributed by atoms with Gasteiger partial charge in [0.15, 0.2) is 0 Å². The second-order valence-electron chi connectivity index (χ2n) is 5.18. The maximum atomic E-state index is 13.1. The lowest BCUT2D eigenvalue weighted by molar-refractivity contribution is -0.120. The van der Waals surface area contributed by atoms with Crippen LogP contribution in [0, 0.1) is 5.82 Å². The smallest absolute Gasteiger partial charge is 0.244 e. The number of hydrogen-bond donors (Lipinski definition) is 1. The van der Waals surface area contributed by atoms with E-state index in [1.807, 2.05) is 31.2 Å². The first kappa shape index (κ1) is 16.7. The number of carbonyl (C=O) groups is 2. The minimum absolute atomic E-state index is 0.128. The Labute approximate surface area is 134 Å². The van der Waals surface area contributed by atoms with Crippen molar-refractivity contribution in [1.29, 1.82) is 0 Å². The van der Waals surface area contributed by atoms with Gasteiger partial charge in [-0.15, -0.1) is 0 Å². The fourth-order valence-electron chi connectivity index (χ4n) is 2.21. The van der Waals surface area contributed by atoms with Crippen LogP contribution in [-0.4, -0.2) is 18.4 Å². The lowest BCUT2D eigenvalue weighted by atomic mass is 10.1. The summed E-state index contributed by atoms with van der Waals surface area (Å²) in [5.74, 6) is -1.05. The first-order chi connectivity index (χ1) is 11.0. The molecular weight excluding hydrogens is 295 g/mol. The second-order valence-corrected chi connectivity index (χ2v) is 5.18. The standard InChI is InChI=1S/C18H19FN2O2/c1-3-14-7-9-17(10-8-14)21(13(2)22)12-18(23)20-16-6-4-5-15(19)11-16/h4-11H,3,12H2,1-2H3,(H,20,23). The maximum absolute atomic E-state index is 13.1. The molecule has 120 valence electrons. The van der Waals surface area contributed by atoms with Gasteiger partial charge >= 0.3 is 0 Å². The SMILES string of the molecule is CCc1ccc(N(CC(=O)Nc2cccc(F)c2)C(C)=O)cc1. The van der Waals surface area contributed by atoms with Gasteiger partial charge in [0, 0.05) is 18.3 Å². The number of benzene rings is 2. The molecule has 2 aromatic rings. The molecule has 0 saturated carbocycles. The molecule has 4 nitrogen and oxygen atoms in total. The van der Waals surface area contributed by atoms with Crippen molar-refractivity contribution in [2.45, 2.75) is 20.3 Å². The summed E-state index contributed by atoms with van der Waals surface area (Å²) in [7, 11) is 0. The maximum Gasteiger partial charge on any atom is 0.244 e. The van der Waals surface area contributed by atoms with E-state index in [0.29, 0.717) is 11.4 Å². The summed E-state index contributed by atoms with van der Waals surface area (Å²) in [5, 5.41) is 2.59. The van der Waals surface area contributed by atoms with Gasteiger partial charge in [-0.05, 0) is 42.3 Å². The highest BCUT2D eigenvalue weighted by molar-refractivity contribution is 6.01. The molecule has 0 aliphatic heterocycles. The normalized spacial score (nSPS) is 10.2. The summed E-state index contributed by atoms with van der Waals surface area (Å²) >= 11 is 0. The zero-order valence-corrected chi connectivity index (χ0v) is 13.2. The molecule has 0 saturated heterocycles. The molecule has 0 bridgehead atoms. The van der Waals surface area contributed by atoms with Crippen molar-refractivity contribution in [3.63, 3.8) is 0 Å². The highest BCUT2D eigenvalue weighted by Gasteiger charge is 2.16. The number of nitrogens with one attached hydrogen (secondary N) is 1. The third-order valence-electron chi connectivity index (χ3n) is 3.45. The lowest BCUT2D eigenvalue weighted by Gasteiger charge is -2.21. The monoisotopic (exact) mass is 314 g/mol. The highest BCUT2D eigenvalue weighted by Crippen LogP contribution is 2.16. The van der Waals surface area contributed by atoms with Crippen LogP contribution in [0.4, 0.5) is 15.8 Å². The van der Waals surface area contributed by atoms with Crippen LogP contribution in [0.5, 0.6) is 0 Å². The molecule has 0 aliphatic rings. The fraction of sp³-hybridized carbons (Fsp3) is 0.222. The number of halogens is 1. The van der Waals surface area contributed by atoms with E-state index < -0.39 is 5.82 Å². The molecule has 2 aromatic carbocycles. The van der Waals surface area contributed by atoms with E-state index in [2.05, 4.69) is 5.32 Å². The van der Waals surface area contributed by atoms with Crippen LogP contribution >= 0.6 is 0 Å². The molecule has 0 spiro atoms. The van der Waals surface area contributed by atoms with E-state index in [1.165, 1.54) is 30.0 Å². The van der Waals surface area contributed by atoms with E-state index in [-0.39, 0.29) is 18.4 Å². The molecule has 23 heavy (non-hydrogen) atoms. The Morgan fingerprint density at radius 1 is 1.13 bits per heavy atom. The second kappa shape index (κ2) is 7.54. The highest BCUT2D eigenvalue weighted by atomic mass is 19.1. The zero-order chi connectivity index (χ0) is 16.8. The molecular formula is C18H19FN2O2. The van der Waals surface area contributed by atoms with Crippen molar-refractivity contribution in [2.75, 3.05) is 16.8 Å². The Bertz CT molecular complexity index is 698. The van der Waals surface area contributed by atoms with Gasteiger partial charge in [0.25, 0.3) is 0 Å². The van der Waals surface area contributed by atoms with E-state index in [0.717, 1.165) is 12.0 Å². The third kappa shape index (κ3) is 4.64. The quantitative estimate of drug-likeness (QED) is 0.920. The largest absolute Gasteiger partial charge is 0.324 e. The summed E-state index contributed by atoms with van der Waals surface area (Å²) in [5.41, 5.74) is 2.17. The lowest BCUT2D eigenvalue weighted by Crippen LogP contribution is -2.36. The van der Waals surface area contributed by atoms with Crippen LogP contribution in [0.1, 0.15) is 19.4 Å². The van der Waals surface area contributed by atoms with Gasteiger partial charge in [-0.2, -0.15) is 0 Å². The number of rotatable bonds is 5. The summed E-state index contributed by atoms with van der Waals surface area (Å²) in [6, 6.07) is 13.1. The van der Waals surface area contributed by atoms with Gasteiger partial charge < -0.3 is 10.2 Å². The van der Waals surface area contributed by atoms with Crippen molar-refractivity contribution in [2.24, 2.45) is 0 Å². The average molecular weight is 314 g/mol. The predicted octanol–water partition coefficient (Wildman–Crippen LogP) is 3.38. The van der Waals surface area contributed by atoms with Gasteiger partial charge in [-0.1, -0.05) is 25.1 Å². The van der Waals surface area contributed by atoms with Crippen molar-refractivity contribution < 1.29 is 14.0 Å². The van der Waals surface area contributed by atoms with Gasteiger partial charge in [0.2, 0.25) is 11.8 Å². The first-order valence-corrected chi connectivity index (χ1v) is 7.42. The topological polar surface area (TPSA) is 49.4 Å². The molecule has 0 aromatic heterocycles. The number of amides is 2. The summed E-state index contributed by atoms with van der Waals surface area (Å²) in [4.78, 5) is 25.3. The first-order valence-electron chi connectivity index (χ1n) is 7.42. The van der Waals surface area contributed by atoms with Crippen LogP contribution in [0.2, 0.25) is 0 Å². The number of aryl methyl sites for hydroxylation is 1. The van der Waals surface area contributed by atoms with Crippen LogP contribution < -0.4 is 10.2 Å². The molecule has 0 unspecified atom stereocenters. The number of anilines is 2. The Balaban J connectivity index is 2.09. The molecule has 2 rings (SSSR count). The minimum atomic E-state index is -0.429. The summed E-state index contributed by atoms with van der Waals surface area (Å²) < 4.78 is 13.1. The molecule has 0 radical (unpaired) electrons. The zero-order valence-electron chi connectivity index (χ0n) is 13.2. The van der Waals surface area contributed by atoms with Gasteiger partial charge in [-0.3, -0.25) is 9.59 Å². The van der Waals surface area contributed by atoms with Gasteiger partial charge in [0.1, 0.15) is 12.4 Å². The van der Waals surface area contributed by atoms with Crippen LogP contribution in [0.25, 0.3) is 0 Å². The van der Waals surface area contributed by atoms with E-state index in [9.17, 15) is 14.0 Å². The van der Waals surface area contributed by atoms with E-state index in [4.69, 9.17) is 0 Å². The average Bonchev–Trinajstić information content (AvgIpc) is 2.52. The van der Waals surface area contributed by atoms with E-state index >= 15 is 0 Å². The predicted molar refractivity (Wildman–Crippen MR) is 88.9 cm³/mol. The minimum Gasteiger partial charge on any atom is -0.324 e. The van der Waals surface area contributed by atoms with Gasteiger partial charge in [0.05, 0.1) is 0 Å². The molecule has 0 fully saturated rings. The van der Waals surface area contributed by atoms with Crippen molar-refractivity contribution in [3.05, 3.63) is 59.9 Å². The molecule has 5 heteroatoms.